The fraction of sp³-hybridized carbons (Fsp3) is 0.467. The minimum absolute atomic E-state index is 0.316. The number of nitrogens with one attached hydrogen (secondary N) is 1. The van der Waals surface area contributed by atoms with E-state index >= 15 is 0 Å². The first kappa shape index (κ1) is 14.3. The van der Waals surface area contributed by atoms with Gasteiger partial charge < -0.3 is 5.32 Å². The summed E-state index contributed by atoms with van der Waals surface area (Å²) in [4.78, 5) is 0. The molecule has 0 saturated carbocycles. The van der Waals surface area contributed by atoms with Gasteiger partial charge in [-0.3, -0.25) is 0 Å². The Labute approximate surface area is 113 Å². The van der Waals surface area contributed by atoms with Gasteiger partial charge in [0.05, 0.1) is 0 Å². The van der Waals surface area contributed by atoms with Crippen molar-refractivity contribution in [2.45, 2.75) is 39.7 Å². The zero-order valence-corrected chi connectivity index (χ0v) is 12.4. The molecule has 2 heteroatoms. The van der Waals surface area contributed by atoms with Crippen molar-refractivity contribution in [3.63, 3.8) is 0 Å². The van der Waals surface area contributed by atoms with Crippen LogP contribution in [0.5, 0.6) is 0 Å². The highest BCUT2D eigenvalue weighted by Gasteiger charge is 2.13. The normalized spacial score (nSPS) is 11.8. The van der Waals surface area contributed by atoms with E-state index in [-0.39, 0.29) is 0 Å². The van der Waals surface area contributed by atoms with Gasteiger partial charge in [-0.25, -0.2) is 0 Å². The van der Waals surface area contributed by atoms with Gasteiger partial charge in [0.2, 0.25) is 0 Å². The average molecular weight is 294 g/mol. The summed E-state index contributed by atoms with van der Waals surface area (Å²) in [7, 11) is 0. The Morgan fingerprint density at radius 2 is 2.18 bits per heavy atom. The average Bonchev–Trinajstić information content (AvgIpc) is 2.34. The largest absolute Gasteiger partial charge is 0.309 e. The van der Waals surface area contributed by atoms with Crippen molar-refractivity contribution in [2.24, 2.45) is 0 Å². The Morgan fingerprint density at radius 1 is 1.41 bits per heavy atom. The summed E-state index contributed by atoms with van der Waals surface area (Å²) in [6, 6.07) is 6.71. The number of aryl methyl sites for hydroxylation is 1. The predicted molar refractivity (Wildman–Crippen MR) is 78.0 cm³/mol. The second kappa shape index (κ2) is 7.53. The van der Waals surface area contributed by atoms with Crippen LogP contribution in [0.3, 0.4) is 0 Å². The zero-order chi connectivity index (χ0) is 12.7. The third-order valence-electron chi connectivity index (χ3n) is 2.72. The van der Waals surface area contributed by atoms with Crippen molar-refractivity contribution < 1.29 is 0 Å². The van der Waals surface area contributed by atoms with Gasteiger partial charge in [0.1, 0.15) is 0 Å². The summed E-state index contributed by atoms with van der Waals surface area (Å²) in [6.07, 6.45) is 2.00. The molecule has 0 bridgehead atoms. The molecule has 1 nitrogen and oxygen atoms in total. The molecule has 0 aliphatic rings. The molecule has 0 heterocycles. The third kappa shape index (κ3) is 4.18. The highest BCUT2D eigenvalue weighted by Crippen LogP contribution is 2.28. The highest BCUT2D eigenvalue weighted by molar-refractivity contribution is 9.10. The maximum atomic E-state index is 3.68. The molecule has 1 rings (SSSR count). The van der Waals surface area contributed by atoms with Gasteiger partial charge in [-0.1, -0.05) is 41.1 Å². The molecule has 17 heavy (non-hydrogen) atoms. The molecule has 0 aromatic heterocycles. The van der Waals surface area contributed by atoms with Gasteiger partial charge in [0.15, 0.2) is 0 Å². The van der Waals surface area contributed by atoms with Crippen LogP contribution in [-0.2, 0) is 0 Å². The monoisotopic (exact) mass is 293 g/mol. The topological polar surface area (TPSA) is 12.0 Å². The first-order valence-electron chi connectivity index (χ1n) is 6.08. The molecule has 1 aromatic rings. The van der Waals surface area contributed by atoms with Crippen LogP contribution in [0, 0.1) is 18.8 Å². The van der Waals surface area contributed by atoms with Gasteiger partial charge >= 0.3 is 0 Å². The van der Waals surface area contributed by atoms with E-state index in [1.54, 1.807) is 0 Å². The molecule has 92 valence electrons. The van der Waals surface area contributed by atoms with Crippen LogP contribution in [0.2, 0.25) is 0 Å². The number of hydrogen-bond donors (Lipinski definition) is 1. The molecule has 0 spiro atoms. The molecule has 1 unspecified atom stereocenters. The zero-order valence-electron chi connectivity index (χ0n) is 10.8. The molecule has 0 fully saturated rings. The van der Waals surface area contributed by atoms with Gasteiger partial charge in [0, 0.05) is 16.9 Å². The molecule has 1 aromatic carbocycles. The first-order valence-corrected chi connectivity index (χ1v) is 6.88. The molecular formula is C15H20BrN. The molecular weight excluding hydrogens is 274 g/mol. The van der Waals surface area contributed by atoms with E-state index in [1.165, 1.54) is 15.6 Å². The quantitative estimate of drug-likeness (QED) is 0.802. The van der Waals surface area contributed by atoms with Crippen LogP contribution in [-0.4, -0.2) is 6.54 Å². The number of benzene rings is 1. The van der Waals surface area contributed by atoms with Gasteiger partial charge in [0.25, 0.3) is 0 Å². The lowest BCUT2D eigenvalue weighted by atomic mass is 10.0. The Morgan fingerprint density at radius 3 is 2.82 bits per heavy atom. The van der Waals surface area contributed by atoms with Crippen molar-refractivity contribution in [3.05, 3.63) is 33.8 Å². The standard InChI is InChI=1S/C15H20BrN/c1-4-6-10-14(17-11-5-2)13-9-7-8-12(3)15(13)16/h7-9,14,17H,5,10-11H2,1-3H3. The van der Waals surface area contributed by atoms with Crippen LogP contribution in [0.4, 0.5) is 0 Å². The lowest BCUT2D eigenvalue weighted by molar-refractivity contribution is 0.540. The number of hydrogen-bond acceptors (Lipinski definition) is 1. The summed E-state index contributed by atoms with van der Waals surface area (Å²) >= 11 is 3.68. The molecule has 0 radical (unpaired) electrons. The molecule has 1 atom stereocenters. The Kier molecular flexibility index (Phi) is 6.32. The van der Waals surface area contributed by atoms with Gasteiger partial charge in [-0.2, -0.15) is 0 Å². The third-order valence-corrected chi connectivity index (χ3v) is 3.80. The van der Waals surface area contributed by atoms with Crippen LogP contribution in [0.1, 0.15) is 43.9 Å². The predicted octanol–water partition coefficient (Wildman–Crippen LogP) is 4.21. The van der Waals surface area contributed by atoms with Crippen molar-refractivity contribution >= 4 is 15.9 Å². The molecule has 0 aliphatic heterocycles. The van der Waals surface area contributed by atoms with Crippen LogP contribution in [0.15, 0.2) is 22.7 Å². The lowest BCUT2D eigenvalue weighted by Gasteiger charge is -2.19. The SMILES string of the molecule is CC#CCC(NCCC)c1cccc(C)c1Br. The number of rotatable bonds is 5. The fourth-order valence-electron chi connectivity index (χ4n) is 1.75. The smallest absolute Gasteiger partial charge is 0.0442 e. The molecule has 0 aliphatic carbocycles. The van der Waals surface area contributed by atoms with E-state index in [1.807, 2.05) is 6.92 Å². The highest BCUT2D eigenvalue weighted by atomic mass is 79.9. The second-order valence-electron chi connectivity index (χ2n) is 4.12. The molecule has 0 amide bonds. The molecule has 1 N–H and O–H groups in total. The minimum Gasteiger partial charge on any atom is -0.309 e. The maximum Gasteiger partial charge on any atom is 0.0442 e. The molecule has 0 saturated heterocycles. The number of halogens is 1. The van der Waals surface area contributed by atoms with E-state index in [0.717, 1.165) is 19.4 Å². The summed E-state index contributed by atoms with van der Waals surface area (Å²) in [5.74, 6) is 6.14. The van der Waals surface area contributed by atoms with Gasteiger partial charge in [-0.05, 0) is 37.9 Å². The minimum atomic E-state index is 0.316. The summed E-state index contributed by atoms with van der Waals surface area (Å²) in [5.41, 5.74) is 2.58. The van der Waals surface area contributed by atoms with Crippen molar-refractivity contribution in [3.8, 4) is 11.8 Å². The van der Waals surface area contributed by atoms with Crippen LogP contribution >= 0.6 is 15.9 Å². The summed E-state index contributed by atoms with van der Waals surface area (Å²) in [6.45, 7) is 7.22. The van der Waals surface area contributed by atoms with Crippen molar-refractivity contribution in [1.82, 2.24) is 5.32 Å². The van der Waals surface area contributed by atoms with Gasteiger partial charge in [-0.15, -0.1) is 11.8 Å². The summed E-state index contributed by atoms with van der Waals surface area (Å²) in [5, 5.41) is 3.56. The van der Waals surface area contributed by atoms with E-state index in [9.17, 15) is 0 Å². The van der Waals surface area contributed by atoms with Crippen molar-refractivity contribution in [2.75, 3.05) is 6.54 Å². The van der Waals surface area contributed by atoms with E-state index in [0.29, 0.717) is 6.04 Å². The van der Waals surface area contributed by atoms with Crippen molar-refractivity contribution in [1.29, 1.82) is 0 Å². The van der Waals surface area contributed by atoms with Crippen LogP contribution in [0.25, 0.3) is 0 Å². The lowest BCUT2D eigenvalue weighted by Crippen LogP contribution is -2.22. The van der Waals surface area contributed by atoms with E-state index < -0.39 is 0 Å². The van der Waals surface area contributed by atoms with E-state index in [2.05, 4.69) is 65.1 Å². The maximum absolute atomic E-state index is 3.68. The Balaban J connectivity index is 2.93. The fourth-order valence-corrected chi connectivity index (χ4v) is 2.29. The Hall–Kier alpha value is -0.780. The van der Waals surface area contributed by atoms with Crippen LogP contribution < -0.4 is 5.32 Å². The Bertz CT molecular complexity index is 415. The summed E-state index contributed by atoms with van der Waals surface area (Å²) < 4.78 is 1.20. The second-order valence-corrected chi connectivity index (χ2v) is 4.91. The first-order chi connectivity index (χ1) is 8.20. The van der Waals surface area contributed by atoms with E-state index in [4.69, 9.17) is 0 Å².